The van der Waals surface area contributed by atoms with Crippen LogP contribution >= 0.6 is 0 Å². The Kier molecular flexibility index (Phi) is 2.85. The maximum Gasteiger partial charge on any atom is 0.194 e. The van der Waals surface area contributed by atoms with E-state index in [-0.39, 0.29) is 5.78 Å². The van der Waals surface area contributed by atoms with Gasteiger partial charge in [-0.15, -0.1) is 0 Å². The highest BCUT2D eigenvalue weighted by Crippen LogP contribution is 2.38. The largest absolute Gasteiger partial charge is 0.370 e. The van der Waals surface area contributed by atoms with Gasteiger partial charge in [-0.2, -0.15) is 0 Å². The Bertz CT molecular complexity index is 391. The van der Waals surface area contributed by atoms with E-state index >= 15 is 0 Å². The van der Waals surface area contributed by atoms with Crippen LogP contribution in [0.1, 0.15) is 40.7 Å². The summed E-state index contributed by atoms with van der Waals surface area (Å²) < 4.78 is 5.42. The molecule has 0 spiro atoms. The van der Waals surface area contributed by atoms with Crippen LogP contribution in [0.5, 0.6) is 0 Å². The van der Waals surface area contributed by atoms with Crippen LogP contribution in [0.15, 0.2) is 18.2 Å². The van der Waals surface area contributed by atoms with E-state index in [9.17, 15) is 4.79 Å². The number of carbonyl (C=O) groups is 1. The molecule has 2 nitrogen and oxygen atoms in total. The van der Waals surface area contributed by atoms with Crippen molar-refractivity contribution in [1.29, 1.82) is 0 Å². The van der Waals surface area contributed by atoms with Crippen LogP contribution in [0.2, 0.25) is 0 Å². The zero-order valence-corrected chi connectivity index (χ0v) is 10.2. The third-order valence-corrected chi connectivity index (χ3v) is 3.45. The fourth-order valence-electron chi connectivity index (χ4n) is 2.39. The lowest BCUT2D eigenvalue weighted by Crippen LogP contribution is -2.47. The van der Waals surface area contributed by atoms with E-state index < -0.39 is 5.60 Å². The van der Waals surface area contributed by atoms with E-state index in [0.717, 1.165) is 36.0 Å². The smallest absolute Gasteiger partial charge is 0.194 e. The molecule has 0 aliphatic heterocycles. The van der Waals surface area contributed by atoms with Crippen molar-refractivity contribution in [3.63, 3.8) is 0 Å². The van der Waals surface area contributed by atoms with Gasteiger partial charge in [-0.05, 0) is 45.2 Å². The zero-order valence-electron chi connectivity index (χ0n) is 10.2. The van der Waals surface area contributed by atoms with Crippen molar-refractivity contribution in [2.24, 2.45) is 0 Å². The Labute approximate surface area is 96.6 Å². The monoisotopic (exact) mass is 218 g/mol. The normalized spacial score (nSPS) is 17.9. The third kappa shape index (κ3) is 1.78. The molecule has 1 aromatic carbocycles. The van der Waals surface area contributed by atoms with Gasteiger partial charge >= 0.3 is 0 Å². The molecule has 86 valence electrons. The molecule has 0 heterocycles. The summed E-state index contributed by atoms with van der Waals surface area (Å²) in [6, 6.07) is 5.99. The number of carbonyl (C=O) groups excluding carboxylic acids is 1. The Hall–Kier alpha value is -1.15. The first kappa shape index (κ1) is 11.3. The van der Waals surface area contributed by atoms with Gasteiger partial charge in [0.25, 0.3) is 0 Å². The molecule has 1 aliphatic carbocycles. The first-order chi connectivity index (χ1) is 7.57. The molecule has 0 radical (unpaired) electrons. The fourth-order valence-corrected chi connectivity index (χ4v) is 2.39. The second-order valence-electron chi connectivity index (χ2n) is 4.76. The fraction of sp³-hybridized carbons (Fsp3) is 0.500. The molecule has 1 aliphatic rings. The van der Waals surface area contributed by atoms with Gasteiger partial charge in [0, 0.05) is 12.7 Å². The molecule has 2 rings (SSSR count). The Balaban J connectivity index is 2.33. The molecule has 0 N–H and O–H groups in total. The molecule has 0 bridgehead atoms. The lowest BCUT2D eigenvalue weighted by atomic mass is 9.74. The average Bonchev–Trinajstić information content (AvgIpc) is 2.15. The third-order valence-electron chi connectivity index (χ3n) is 3.45. The minimum absolute atomic E-state index is 0.146. The van der Waals surface area contributed by atoms with E-state index in [2.05, 4.69) is 6.07 Å². The van der Waals surface area contributed by atoms with Crippen molar-refractivity contribution >= 4 is 5.78 Å². The van der Waals surface area contributed by atoms with Gasteiger partial charge in [0.15, 0.2) is 5.78 Å². The van der Waals surface area contributed by atoms with Crippen LogP contribution in [-0.4, -0.2) is 18.5 Å². The molecule has 0 saturated heterocycles. The average molecular weight is 218 g/mol. The lowest BCUT2D eigenvalue weighted by molar-refractivity contribution is -0.0448. The number of ketones is 1. The molecule has 1 saturated carbocycles. The number of methoxy groups -OCH3 is 1. The van der Waals surface area contributed by atoms with Crippen LogP contribution in [0.4, 0.5) is 0 Å². The number of rotatable bonds is 3. The number of aryl methyl sites for hydroxylation is 2. The minimum atomic E-state index is -0.528. The SMILES string of the molecule is COC1(C(=O)c2cc(C)cc(C)c2)CCC1. The molecule has 0 amide bonds. The van der Waals surface area contributed by atoms with Gasteiger partial charge in [-0.3, -0.25) is 4.79 Å². The van der Waals surface area contributed by atoms with Gasteiger partial charge < -0.3 is 4.74 Å². The molecule has 0 unspecified atom stereocenters. The first-order valence-corrected chi connectivity index (χ1v) is 5.76. The lowest BCUT2D eigenvalue weighted by Gasteiger charge is -2.38. The van der Waals surface area contributed by atoms with E-state index in [1.807, 2.05) is 26.0 Å². The Morgan fingerprint density at radius 3 is 2.12 bits per heavy atom. The standard InChI is InChI=1S/C14H18O2/c1-10-7-11(2)9-12(8-10)13(15)14(16-3)5-4-6-14/h7-9H,4-6H2,1-3H3. The van der Waals surface area contributed by atoms with Crippen molar-refractivity contribution in [3.8, 4) is 0 Å². The summed E-state index contributed by atoms with van der Waals surface area (Å²) in [4.78, 5) is 12.4. The number of Topliss-reactive ketones (excluding diaryl/α,β-unsaturated/α-hetero) is 1. The number of ether oxygens (including phenoxy) is 1. The first-order valence-electron chi connectivity index (χ1n) is 5.76. The maximum absolute atomic E-state index is 12.4. The number of hydrogen-bond donors (Lipinski definition) is 0. The van der Waals surface area contributed by atoms with E-state index in [1.54, 1.807) is 7.11 Å². The quantitative estimate of drug-likeness (QED) is 0.729. The van der Waals surface area contributed by atoms with Gasteiger partial charge in [0.2, 0.25) is 0 Å². The van der Waals surface area contributed by atoms with Gasteiger partial charge in [0.05, 0.1) is 0 Å². The molecular formula is C14H18O2. The summed E-state index contributed by atoms with van der Waals surface area (Å²) in [5.74, 6) is 0.146. The van der Waals surface area contributed by atoms with Crippen LogP contribution in [0.3, 0.4) is 0 Å². The maximum atomic E-state index is 12.4. The summed E-state index contributed by atoms with van der Waals surface area (Å²) >= 11 is 0. The van der Waals surface area contributed by atoms with Crippen molar-refractivity contribution in [2.45, 2.75) is 38.7 Å². The van der Waals surface area contributed by atoms with Crippen molar-refractivity contribution in [1.82, 2.24) is 0 Å². The second-order valence-corrected chi connectivity index (χ2v) is 4.76. The summed E-state index contributed by atoms with van der Waals surface area (Å²) in [7, 11) is 1.64. The molecule has 0 atom stereocenters. The van der Waals surface area contributed by atoms with Gasteiger partial charge in [0.1, 0.15) is 5.60 Å². The topological polar surface area (TPSA) is 26.3 Å². The predicted molar refractivity (Wildman–Crippen MR) is 63.8 cm³/mol. The predicted octanol–water partition coefficient (Wildman–Crippen LogP) is 3.06. The van der Waals surface area contributed by atoms with Crippen molar-refractivity contribution in [3.05, 3.63) is 34.9 Å². The van der Waals surface area contributed by atoms with E-state index in [4.69, 9.17) is 4.74 Å². The van der Waals surface area contributed by atoms with E-state index in [1.165, 1.54) is 0 Å². The molecule has 16 heavy (non-hydrogen) atoms. The summed E-state index contributed by atoms with van der Waals surface area (Å²) in [6.45, 7) is 4.04. The zero-order chi connectivity index (χ0) is 11.8. The molecular weight excluding hydrogens is 200 g/mol. The highest BCUT2D eigenvalue weighted by molar-refractivity contribution is 6.03. The number of benzene rings is 1. The summed E-state index contributed by atoms with van der Waals surface area (Å²) in [5.41, 5.74) is 2.53. The molecule has 0 aromatic heterocycles. The van der Waals surface area contributed by atoms with Gasteiger partial charge in [-0.1, -0.05) is 17.2 Å². The van der Waals surface area contributed by atoms with Gasteiger partial charge in [-0.25, -0.2) is 0 Å². The molecule has 1 aromatic rings. The second kappa shape index (κ2) is 4.02. The van der Waals surface area contributed by atoms with Crippen LogP contribution < -0.4 is 0 Å². The van der Waals surface area contributed by atoms with Crippen molar-refractivity contribution < 1.29 is 9.53 Å². The summed E-state index contributed by atoms with van der Waals surface area (Å²) in [5, 5.41) is 0. The van der Waals surface area contributed by atoms with Crippen molar-refractivity contribution in [2.75, 3.05) is 7.11 Å². The van der Waals surface area contributed by atoms with Crippen LogP contribution in [0, 0.1) is 13.8 Å². The van der Waals surface area contributed by atoms with E-state index in [0.29, 0.717) is 0 Å². The molecule has 1 fully saturated rings. The Morgan fingerprint density at radius 1 is 1.19 bits per heavy atom. The highest BCUT2D eigenvalue weighted by atomic mass is 16.5. The van der Waals surface area contributed by atoms with Crippen LogP contribution in [-0.2, 0) is 4.74 Å². The minimum Gasteiger partial charge on any atom is -0.370 e. The number of hydrogen-bond acceptors (Lipinski definition) is 2. The summed E-state index contributed by atoms with van der Waals surface area (Å²) in [6.07, 6.45) is 2.80. The van der Waals surface area contributed by atoms with Crippen LogP contribution in [0.25, 0.3) is 0 Å². The Morgan fingerprint density at radius 2 is 1.75 bits per heavy atom. The molecule has 2 heteroatoms. The highest BCUT2D eigenvalue weighted by Gasteiger charge is 2.44.